The van der Waals surface area contributed by atoms with Crippen molar-refractivity contribution in [3.63, 3.8) is 0 Å². The Bertz CT molecular complexity index is 349. The maximum atomic E-state index is 6.00. The van der Waals surface area contributed by atoms with Gasteiger partial charge in [-0.05, 0) is 44.9 Å². The largest absolute Gasteiger partial charge is 0.365 e. The molecule has 1 unspecified atom stereocenters. The van der Waals surface area contributed by atoms with Gasteiger partial charge in [0.05, 0.1) is 0 Å². The summed E-state index contributed by atoms with van der Waals surface area (Å²) in [6.45, 7) is 10.5. The third kappa shape index (κ3) is 3.22. The van der Waals surface area contributed by atoms with Crippen molar-refractivity contribution in [2.75, 3.05) is 18.0 Å². The van der Waals surface area contributed by atoms with Crippen LogP contribution < -0.4 is 10.6 Å². The van der Waals surface area contributed by atoms with Gasteiger partial charge in [-0.3, -0.25) is 0 Å². The van der Waals surface area contributed by atoms with E-state index < -0.39 is 0 Å². The number of rotatable bonds is 6. The van der Waals surface area contributed by atoms with E-state index in [1.54, 1.807) is 0 Å². The number of hydrogen-bond donors (Lipinski definition) is 1. The van der Waals surface area contributed by atoms with Crippen molar-refractivity contribution in [3.05, 3.63) is 29.8 Å². The zero-order valence-corrected chi connectivity index (χ0v) is 11.7. The van der Waals surface area contributed by atoms with Gasteiger partial charge in [-0.15, -0.1) is 0 Å². The lowest BCUT2D eigenvalue weighted by Gasteiger charge is -2.42. The maximum Gasteiger partial charge on any atom is 0.0495 e. The quantitative estimate of drug-likeness (QED) is 0.818. The number of anilines is 1. The Labute approximate surface area is 106 Å². The predicted molar refractivity (Wildman–Crippen MR) is 76.6 cm³/mol. The summed E-state index contributed by atoms with van der Waals surface area (Å²) in [6, 6.07) is 8.68. The average molecular weight is 234 g/mol. The summed E-state index contributed by atoms with van der Waals surface area (Å²) in [5, 5.41) is 0. The lowest BCUT2D eigenvalue weighted by atomic mass is 9.93. The molecule has 96 valence electrons. The van der Waals surface area contributed by atoms with E-state index in [9.17, 15) is 0 Å². The summed E-state index contributed by atoms with van der Waals surface area (Å²) in [6.07, 6.45) is 2.29. The molecule has 0 heterocycles. The van der Waals surface area contributed by atoms with Crippen LogP contribution in [0.4, 0.5) is 5.69 Å². The van der Waals surface area contributed by atoms with Gasteiger partial charge < -0.3 is 10.6 Å². The van der Waals surface area contributed by atoms with Gasteiger partial charge in [0, 0.05) is 24.3 Å². The second-order valence-electron chi connectivity index (χ2n) is 5.03. The molecule has 0 spiro atoms. The van der Waals surface area contributed by atoms with Gasteiger partial charge in [0.2, 0.25) is 0 Å². The third-order valence-electron chi connectivity index (χ3n) is 3.51. The van der Waals surface area contributed by atoms with Crippen LogP contribution in [-0.4, -0.2) is 18.6 Å². The van der Waals surface area contributed by atoms with Crippen molar-refractivity contribution in [2.24, 2.45) is 5.73 Å². The molecular weight excluding hydrogens is 208 g/mol. The van der Waals surface area contributed by atoms with E-state index in [4.69, 9.17) is 5.73 Å². The molecule has 1 aromatic carbocycles. The van der Waals surface area contributed by atoms with Crippen LogP contribution >= 0.6 is 0 Å². The first kappa shape index (κ1) is 14.0. The number of nitrogens with zero attached hydrogens (tertiary/aromatic N) is 1. The molecule has 0 amide bonds. The normalized spacial score (nSPS) is 14.4. The molecule has 0 aliphatic heterocycles. The smallest absolute Gasteiger partial charge is 0.0495 e. The Morgan fingerprint density at radius 1 is 1.29 bits per heavy atom. The van der Waals surface area contributed by atoms with Crippen LogP contribution in [0.1, 0.15) is 39.2 Å². The van der Waals surface area contributed by atoms with Crippen LogP contribution in [0.15, 0.2) is 24.3 Å². The minimum absolute atomic E-state index is 0.0668. The van der Waals surface area contributed by atoms with Crippen LogP contribution in [0, 0.1) is 6.92 Å². The molecule has 1 aromatic rings. The van der Waals surface area contributed by atoms with Crippen molar-refractivity contribution in [2.45, 2.75) is 46.1 Å². The predicted octanol–water partition coefficient (Wildman–Crippen LogP) is 3.34. The van der Waals surface area contributed by atoms with Gasteiger partial charge in [0.25, 0.3) is 0 Å². The van der Waals surface area contributed by atoms with Gasteiger partial charge in [-0.25, -0.2) is 0 Å². The zero-order valence-electron chi connectivity index (χ0n) is 11.7. The highest BCUT2D eigenvalue weighted by atomic mass is 15.2. The molecule has 2 heteroatoms. The first-order chi connectivity index (χ1) is 8.07. The summed E-state index contributed by atoms with van der Waals surface area (Å²) < 4.78 is 0. The fourth-order valence-corrected chi connectivity index (χ4v) is 2.56. The lowest BCUT2D eigenvalue weighted by molar-refractivity contribution is 0.400. The molecule has 17 heavy (non-hydrogen) atoms. The number of nitrogens with two attached hydrogens (primary N) is 1. The Kier molecular flexibility index (Phi) is 5.01. The highest BCUT2D eigenvalue weighted by Gasteiger charge is 2.28. The van der Waals surface area contributed by atoms with Crippen LogP contribution in [0.25, 0.3) is 0 Å². The Balaban J connectivity index is 3.04. The molecule has 2 N–H and O–H groups in total. The summed E-state index contributed by atoms with van der Waals surface area (Å²) in [5.41, 5.74) is 8.66. The Morgan fingerprint density at radius 3 is 2.47 bits per heavy atom. The standard InChI is InChI=1S/C15H26N2/c1-5-10-15(4,12-16)17(6-2)14-9-7-8-13(3)11-14/h7-9,11H,5-6,10,12,16H2,1-4H3. The van der Waals surface area contributed by atoms with E-state index in [1.165, 1.54) is 11.3 Å². The van der Waals surface area contributed by atoms with E-state index in [1.807, 2.05) is 0 Å². The summed E-state index contributed by atoms with van der Waals surface area (Å²) in [4.78, 5) is 2.43. The van der Waals surface area contributed by atoms with Crippen molar-refractivity contribution in [3.8, 4) is 0 Å². The third-order valence-corrected chi connectivity index (χ3v) is 3.51. The number of aryl methyl sites for hydroxylation is 1. The van der Waals surface area contributed by atoms with E-state index in [0.29, 0.717) is 6.54 Å². The molecule has 0 saturated heterocycles. The molecule has 0 bridgehead atoms. The second-order valence-corrected chi connectivity index (χ2v) is 5.03. The van der Waals surface area contributed by atoms with Crippen LogP contribution in [0.3, 0.4) is 0 Å². The highest BCUT2D eigenvalue weighted by Crippen LogP contribution is 2.27. The van der Waals surface area contributed by atoms with Crippen LogP contribution in [-0.2, 0) is 0 Å². The summed E-state index contributed by atoms with van der Waals surface area (Å²) in [5.74, 6) is 0. The van der Waals surface area contributed by atoms with Crippen LogP contribution in [0.5, 0.6) is 0 Å². The molecular formula is C15H26N2. The van der Waals surface area contributed by atoms with Crippen molar-refractivity contribution < 1.29 is 0 Å². The minimum atomic E-state index is 0.0668. The topological polar surface area (TPSA) is 29.3 Å². The molecule has 0 saturated carbocycles. The molecule has 0 aliphatic carbocycles. The molecule has 1 rings (SSSR count). The van der Waals surface area contributed by atoms with Gasteiger partial charge in [0.15, 0.2) is 0 Å². The van der Waals surface area contributed by atoms with Crippen molar-refractivity contribution >= 4 is 5.69 Å². The van der Waals surface area contributed by atoms with E-state index in [-0.39, 0.29) is 5.54 Å². The van der Waals surface area contributed by atoms with Crippen LogP contribution in [0.2, 0.25) is 0 Å². The fourth-order valence-electron chi connectivity index (χ4n) is 2.56. The van der Waals surface area contributed by atoms with Gasteiger partial charge in [-0.1, -0.05) is 25.5 Å². The van der Waals surface area contributed by atoms with E-state index >= 15 is 0 Å². The molecule has 1 atom stereocenters. The second kappa shape index (κ2) is 6.06. The molecule has 0 fully saturated rings. The van der Waals surface area contributed by atoms with E-state index in [0.717, 1.165) is 19.4 Å². The fraction of sp³-hybridized carbons (Fsp3) is 0.600. The molecule has 0 radical (unpaired) electrons. The zero-order chi connectivity index (χ0) is 12.9. The van der Waals surface area contributed by atoms with Gasteiger partial charge >= 0.3 is 0 Å². The highest BCUT2D eigenvalue weighted by molar-refractivity contribution is 5.50. The molecule has 0 aromatic heterocycles. The number of hydrogen-bond acceptors (Lipinski definition) is 2. The summed E-state index contributed by atoms with van der Waals surface area (Å²) in [7, 11) is 0. The monoisotopic (exact) mass is 234 g/mol. The minimum Gasteiger partial charge on any atom is -0.365 e. The first-order valence-electron chi connectivity index (χ1n) is 6.61. The Hall–Kier alpha value is -1.02. The lowest BCUT2D eigenvalue weighted by Crippen LogP contribution is -2.52. The first-order valence-corrected chi connectivity index (χ1v) is 6.61. The molecule has 2 nitrogen and oxygen atoms in total. The number of benzene rings is 1. The van der Waals surface area contributed by atoms with Crippen molar-refractivity contribution in [1.29, 1.82) is 0 Å². The Morgan fingerprint density at radius 2 is 2.00 bits per heavy atom. The SMILES string of the molecule is CCCC(C)(CN)N(CC)c1cccc(C)c1. The average Bonchev–Trinajstić information content (AvgIpc) is 2.30. The number of likely N-dealkylation sites (N-methyl/N-ethyl adjacent to an activating group) is 1. The van der Waals surface area contributed by atoms with Crippen molar-refractivity contribution in [1.82, 2.24) is 0 Å². The maximum absolute atomic E-state index is 6.00. The van der Waals surface area contributed by atoms with E-state index in [2.05, 4.69) is 56.9 Å². The van der Waals surface area contributed by atoms with Gasteiger partial charge in [0.1, 0.15) is 0 Å². The summed E-state index contributed by atoms with van der Waals surface area (Å²) >= 11 is 0. The van der Waals surface area contributed by atoms with Gasteiger partial charge in [-0.2, -0.15) is 0 Å². The molecule has 0 aliphatic rings.